The Bertz CT molecular complexity index is 749. The predicted octanol–water partition coefficient (Wildman–Crippen LogP) is 4.22. The number of hydrogen-bond donors (Lipinski definition) is 1. The molecule has 0 saturated carbocycles. The van der Waals surface area contributed by atoms with Gasteiger partial charge in [0.2, 0.25) is 0 Å². The molecule has 0 radical (unpaired) electrons. The second-order valence-electron chi connectivity index (χ2n) is 6.71. The van der Waals surface area contributed by atoms with E-state index >= 15 is 0 Å². The molecule has 0 spiro atoms. The van der Waals surface area contributed by atoms with Gasteiger partial charge in [-0.2, -0.15) is 0 Å². The molecule has 0 unspecified atom stereocenters. The zero-order valence-corrected chi connectivity index (χ0v) is 15.4. The highest BCUT2D eigenvalue weighted by Crippen LogP contribution is 2.27. The summed E-state index contributed by atoms with van der Waals surface area (Å²) in [6, 6.07) is 14.4. The van der Waals surface area contributed by atoms with Crippen molar-refractivity contribution < 1.29 is 4.79 Å². The van der Waals surface area contributed by atoms with Crippen LogP contribution in [-0.2, 0) is 6.42 Å². The van der Waals surface area contributed by atoms with Crippen LogP contribution < -0.4 is 10.2 Å². The van der Waals surface area contributed by atoms with Gasteiger partial charge < -0.3 is 15.1 Å². The molecule has 25 heavy (non-hydrogen) atoms. The molecule has 4 nitrogen and oxygen atoms in total. The molecular weight excluding hydrogens is 310 g/mol. The number of para-hydroxylation sites is 1. The second-order valence-corrected chi connectivity index (χ2v) is 6.71. The minimum Gasteiger partial charge on any atom is -0.368 e. The van der Waals surface area contributed by atoms with Gasteiger partial charge in [-0.25, -0.2) is 4.79 Å². The smallest absolute Gasteiger partial charge is 0.321 e. The van der Waals surface area contributed by atoms with Crippen LogP contribution in [0, 0.1) is 13.8 Å². The molecule has 1 saturated heterocycles. The Labute approximate surface area is 150 Å². The van der Waals surface area contributed by atoms with Crippen molar-refractivity contribution in [3.05, 3.63) is 59.2 Å². The van der Waals surface area contributed by atoms with Gasteiger partial charge in [-0.15, -0.1) is 0 Å². The number of hydrogen-bond acceptors (Lipinski definition) is 2. The van der Waals surface area contributed by atoms with Gasteiger partial charge >= 0.3 is 6.03 Å². The van der Waals surface area contributed by atoms with E-state index < -0.39 is 0 Å². The Hall–Kier alpha value is -2.49. The van der Waals surface area contributed by atoms with Gasteiger partial charge in [0.05, 0.1) is 0 Å². The zero-order chi connectivity index (χ0) is 17.8. The van der Waals surface area contributed by atoms with E-state index in [2.05, 4.69) is 42.3 Å². The lowest BCUT2D eigenvalue weighted by Gasteiger charge is -2.37. The highest BCUT2D eigenvalue weighted by molar-refractivity contribution is 5.89. The molecule has 2 amide bonds. The maximum absolute atomic E-state index is 12.5. The fourth-order valence-corrected chi connectivity index (χ4v) is 3.52. The van der Waals surface area contributed by atoms with Crippen molar-refractivity contribution in [1.82, 2.24) is 4.90 Å². The Kier molecular flexibility index (Phi) is 5.27. The molecule has 2 aromatic carbocycles. The van der Waals surface area contributed by atoms with Gasteiger partial charge in [-0.05, 0) is 49.1 Å². The maximum Gasteiger partial charge on any atom is 0.321 e. The lowest BCUT2D eigenvalue weighted by molar-refractivity contribution is 0.208. The van der Waals surface area contributed by atoms with Crippen LogP contribution in [0.5, 0.6) is 0 Å². The van der Waals surface area contributed by atoms with Crippen LogP contribution in [0.15, 0.2) is 42.5 Å². The first kappa shape index (κ1) is 17.3. The van der Waals surface area contributed by atoms with Crippen molar-refractivity contribution >= 4 is 17.4 Å². The van der Waals surface area contributed by atoms with Crippen molar-refractivity contribution in [2.45, 2.75) is 27.2 Å². The quantitative estimate of drug-likeness (QED) is 0.910. The topological polar surface area (TPSA) is 35.6 Å². The normalized spacial score (nSPS) is 14.5. The molecule has 1 heterocycles. The lowest BCUT2D eigenvalue weighted by atomic mass is 10.0. The fraction of sp³-hybridized carbons (Fsp3) is 0.381. The van der Waals surface area contributed by atoms with Crippen molar-refractivity contribution in [2.75, 3.05) is 36.4 Å². The monoisotopic (exact) mass is 337 g/mol. The minimum absolute atomic E-state index is 0.00857. The van der Waals surface area contributed by atoms with Crippen LogP contribution in [0.2, 0.25) is 0 Å². The van der Waals surface area contributed by atoms with E-state index in [9.17, 15) is 4.79 Å². The van der Waals surface area contributed by atoms with Gasteiger partial charge in [-0.3, -0.25) is 0 Å². The molecule has 2 aromatic rings. The molecule has 3 rings (SSSR count). The van der Waals surface area contributed by atoms with E-state index in [0.29, 0.717) is 0 Å². The third kappa shape index (κ3) is 3.95. The number of nitrogens with one attached hydrogen (secondary N) is 1. The third-order valence-electron chi connectivity index (χ3n) is 4.85. The molecular formula is C21H27N3O. The summed E-state index contributed by atoms with van der Waals surface area (Å²) in [7, 11) is 0. The molecule has 0 atom stereocenters. The highest BCUT2D eigenvalue weighted by Gasteiger charge is 2.23. The molecule has 0 aromatic heterocycles. The summed E-state index contributed by atoms with van der Waals surface area (Å²) in [5.41, 5.74) is 6.06. The number of aryl methyl sites for hydroxylation is 3. The number of carbonyl (C=O) groups excluding carboxylic acids is 1. The second kappa shape index (κ2) is 7.60. The van der Waals surface area contributed by atoms with Crippen LogP contribution in [0.1, 0.15) is 23.6 Å². The molecule has 4 heteroatoms. The van der Waals surface area contributed by atoms with Gasteiger partial charge in [0.25, 0.3) is 0 Å². The molecule has 1 aliphatic heterocycles. The van der Waals surface area contributed by atoms with Crippen molar-refractivity contribution in [3.63, 3.8) is 0 Å². The molecule has 132 valence electrons. The van der Waals surface area contributed by atoms with Gasteiger partial charge in [-0.1, -0.05) is 37.3 Å². The van der Waals surface area contributed by atoms with Crippen molar-refractivity contribution in [1.29, 1.82) is 0 Å². The number of anilines is 2. The number of benzene rings is 2. The summed E-state index contributed by atoms with van der Waals surface area (Å²) in [4.78, 5) is 16.8. The summed E-state index contributed by atoms with van der Waals surface area (Å²) < 4.78 is 0. The number of piperazine rings is 1. The van der Waals surface area contributed by atoms with E-state index in [4.69, 9.17) is 0 Å². The Morgan fingerprint density at radius 2 is 1.76 bits per heavy atom. The van der Waals surface area contributed by atoms with Crippen LogP contribution in [-0.4, -0.2) is 37.1 Å². The van der Waals surface area contributed by atoms with E-state index in [1.54, 1.807) is 0 Å². The average Bonchev–Trinajstić information content (AvgIpc) is 2.61. The van der Waals surface area contributed by atoms with Crippen LogP contribution in [0.25, 0.3) is 0 Å². The standard InChI is InChI=1S/C21H27N3O/c1-4-18-9-6-8-17(3)20(18)23-11-13-24(14-12-23)21(25)22-19-10-5-7-16(2)15-19/h5-10,15H,4,11-14H2,1-3H3,(H,22,25). The van der Waals surface area contributed by atoms with E-state index in [1.807, 2.05) is 36.1 Å². The number of urea groups is 1. The first-order valence-corrected chi connectivity index (χ1v) is 9.04. The first-order chi connectivity index (χ1) is 12.1. The van der Waals surface area contributed by atoms with Gasteiger partial charge in [0, 0.05) is 37.6 Å². The molecule has 0 bridgehead atoms. The summed E-state index contributed by atoms with van der Waals surface area (Å²) in [5.74, 6) is 0. The van der Waals surface area contributed by atoms with Crippen molar-refractivity contribution in [3.8, 4) is 0 Å². The molecule has 1 fully saturated rings. The van der Waals surface area contributed by atoms with Crippen LogP contribution in [0.3, 0.4) is 0 Å². The summed E-state index contributed by atoms with van der Waals surface area (Å²) in [6.07, 6.45) is 1.03. The summed E-state index contributed by atoms with van der Waals surface area (Å²) >= 11 is 0. The van der Waals surface area contributed by atoms with Gasteiger partial charge in [0.15, 0.2) is 0 Å². The number of rotatable bonds is 3. The predicted molar refractivity (Wildman–Crippen MR) is 105 cm³/mol. The Morgan fingerprint density at radius 1 is 1.04 bits per heavy atom. The molecule has 0 aliphatic carbocycles. The highest BCUT2D eigenvalue weighted by atomic mass is 16.2. The van der Waals surface area contributed by atoms with E-state index in [0.717, 1.165) is 43.9 Å². The number of amides is 2. The zero-order valence-electron chi connectivity index (χ0n) is 15.4. The Morgan fingerprint density at radius 3 is 2.44 bits per heavy atom. The lowest BCUT2D eigenvalue weighted by Crippen LogP contribution is -2.50. The fourth-order valence-electron chi connectivity index (χ4n) is 3.52. The maximum atomic E-state index is 12.5. The summed E-state index contributed by atoms with van der Waals surface area (Å²) in [5, 5.41) is 3.01. The van der Waals surface area contributed by atoms with E-state index in [1.165, 1.54) is 16.8 Å². The minimum atomic E-state index is -0.00857. The first-order valence-electron chi connectivity index (χ1n) is 9.04. The number of nitrogens with zero attached hydrogens (tertiary/aromatic N) is 2. The van der Waals surface area contributed by atoms with Gasteiger partial charge in [0.1, 0.15) is 0 Å². The molecule has 1 aliphatic rings. The van der Waals surface area contributed by atoms with Crippen molar-refractivity contribution in [2.24, 2.45) is 0 Å². The Balaban J connectivity index is 1.63. The average molecular weight is 337 g/mol. The largest absolute Gasteiger partial charge is 0.368 e. The number of carbonyl (C=O) groups is 1. The van der Waals surface area contributed by atoms with Crippen LogP contribution >= 0.6 is 0 Å². The third-order valence-corrected chi connectivity index (χ3v) is 4.85. The molecule has 1 N–H and O–H groups in total. The summed E-state index contributed by atoms with van der Waals surface area (Å²) in [6.45, 7) is 9.64. The SMILES string of the molecule is CCc1cccc(C)c1N1CCN(C(=O)Nc2cccc(C)c2)CC1. The van der Waals surface area contributed by atoms with E-state index in [-0.39, 0.29) is 6.03 Å². The van der Waals surface area contributed by atoms with Crippen LogP contribution in [0.4, 0.5) is 16.2 Å².